The molecule has 2 aliphatic rings. The fraction of sp³-hybridized carbons (Fsp3) is 0.294. The Hall–Kier alpha value is -2.36. The predicted octanol–water partition coefficient (Wildman–Crippen LogP) is 2.27. The van der Waals surface area contributed by atoms with E-state index in [-0.39, 0.29) is 23.7 Å². The third-order valence-corrected chi connectivity index (χ3v) is 4.58. The maximum Gasteiger partial charge on any atom is 0.224 e. The molecule has 0 unspecified atom stereocenters. The van der Waals surface area contributed by atoms with E-state index in [0.29, 0.717) is 18.5 Å². The fourth-order valence-electron chi connectivity index (χ4n) is 3.59. The Morgan fingerprint density at radius 2 is 1.86 bits per heavy atom. The Kier molecular flexibility index (Phi) is 2.70. The Balaban J connectivity index is 1.74. The molecule has 1 saturated heterocycles. The number of fused-ring (bicyclic) bond motifs is 3. The summed E-state index contributed by atoms with van der Waals surface area (Å²) in [4.78, 5) is 26.9. The van der Waals surface area contributed by atoms with Crippen molar-refractivity contribution in [1.29, 1.82) is 0 Å². The average Bonchev–Trinajstić information content (AvgIpc) is 3.11. The molecule has 0 aliphatic carbocycles. The van der Waals surface area contributed by atoms with Gasteiger partial charge >= 0.3 is 0 Å². The molecule has 0 radical (unpaired) electrons. The maximum absolute atomic E-state index is 12.8. The largest absolute Gasteiger partial charge is 0.348 e. The molecular formula is C17H16N2O2. The molecule has 0 bridgehead atoms. The van der Waals surface area contributed by atoms with Crippen molar-refractivity contribution < 1.29 is 9.59 Å². The van der Waals surface area contributed by atoms with Crippen LogP contribution in [0.3, 0.4) is 0 Å². The van der Waals surface area contributed by atoms with Crippen LogP contribution >= 0.6 is 0 Å². The third kappa shape index (κ3) is 1.82. The van der Waals surface area contributed by atoms with Crippen molar-refractivity contribution in [3.8, 4) is 0 Å². The van der Waals surface area contributed by atoms with Crippen LogP contribution in [0.25, 0.3) is 0 Å². The molecule has 0 saturated carbocycles. The van der Waals surface area contributed by atoms with Crippen LogP contribution in [-0.2, 0) is 11.3 Å². The molecule has 106 valence electrons. The van der Waals surface area contributed by atoms with Crippen molar-refractivity contribution in [3.05, 3.63) is 59.9 Å². The smallest absolute Gasteiger partial charge is 0.224 e. The summed E-state index contributed by atoms with van der Waals surface area (Å²) in [5.74, 6) is -0.0957. The molecule has 1 aromatic carbocycles. The lowest BCUT2D eigenvalue weighted by Crippen LogP contribution is -2.38. The molecule has 4 heteroatoms. The first kappa shape index (κ1) is 12.4. The lowest BCUT2D eigenvalue weighted by molar-refractivity contribution is -0.129. The van der Waals surface area contributed by atoms with Gasteiger partial charge in [-0.05, 0) is 12.1 Å². The number of benzene rings is 1. The first-order chi connectivity index (χ1) is 10.3. The van der Waals surface area contributed by atoms with Gasteiger partial charge in [0.15, 0.2) is 5.78 Å². The zero-order chi connectivity index (χ0) is 14.4. The number of hydrogen-bond donors (Lipinski definition) is 0. The van der Waals surface area contributed by atoms with Crippen LogP contribution in [-0.4, -0.2) is 27.7 Å². The van der Waals surface area contributed by atoms with E-state index < -0.39 is 0 Å². The summed E-state index contributed by atoms with van der Waals surface area (Å²) in [6, 6.07) is 13.2. The highest BCUT2D eigenvalue weighted by atomic mass is 16.2. The number of Topliss-reactive ketones (excluding diaryl/α,β-unsaturated/α-hetero) is 1. The topological polar surface area (TPSA) is 42.3 Å². The van der Waals surface area contributed by atoms with Crippen LogP contribution in [0.1, 0.15) is 28.5 Å². The zero-order valence-electron chi connectivity index (χ0n) is 11.6. The maximum atomic E-state index is 12.8. The van der Waals surface area contributed by atoms with E-state index in [1.54, 1.807) is 0 Å². The summed E-state index contributed by atoms with van der Waals surface area (Å²) in [5, 5.41) is 0. The van der Waals surface area contributed by atoms with E-state index >= 15 is 0 Å². The SMILES string of the molecule is O=C(c1ccccc1)[C@@H]1CC(=O)N2CCn3cccc3[C@@H]12. The lowest BCUT2D eigenvalue weighted by Gasteiger charge is -2.33. The van der Waals surface area contributed by atoms with Crippen LogP contribution in [0.15, 0.2) is 48.7 Å². The van der Waals surface area contributed by atoms with Gasteiger partial charge in [0.2, 0.25) is 5.91 Å². The minimum Gasteiger partial charge on any atom is -0.348 e. The molecule has 21 heavy (non-hydrogen) atoms. The molecular weight excluding hydrogens is 264 g/mol. The van der Waals surface area contributed by atoms with Crippen molar-refractivity contribution >= 4 is 11.7 Å². The highest BCUT2D eigenvalue weighted by Crippen LogP contribution is 2.41. The molecule has 0 N–H and O–H groups in total. The third-order valence-electron chi connectivity index (χ3n) is 4.58. The summed E-state index contributed by atoms with van der Waals surface area (Å²) < 4.78 is 2.16. The lowest BCUT2D eigenvalue weighted by atomic mass is 9.88. The number of rotatable bonds is 2. The van der Waals surface area contributed by atoms with Crippen molar-refractivity contribution in [2.24, 2.45) is 5.92 Å². The van der Waals surface area contributed by atoms with Gasteiger partial charge in [0, 0.05) is 37.0 Å². The molecule has 3 heterocycles. The van der Waals surface area contributed by atoms with Crippen molar-refractivity contribution in [1.82, 2.24) is 9.47 Å². The highest BCUT2D eigenvalue weighted by molar-refractivity contribution is 6.02. The van der Waals surface area contributed by atoms with Crippen LogP contribution in [0.5, 0.6) is 0 Å². The van der Waals surface area contributed by atoms with Gasteiger partial charge in [0.1, 0.15) is 0 Å². The van der Waals surface area contributed by atoms with Crippen molar-refractivity contribution in [2.45, 2.75) is 19.0 Å². The predicted molar refractivity (Wildman–Crippen MR) is 77.8 cm³/mol. The Labute approximate surface area is 123 Å². The van der Waals surface area contributed by atoms with Gasteiger partial charge < -0.3 is 9.47 Å². The Bertz CT molecular complexity index is 705. The summed E-state index contributed by atoms with van der Waals surface area (Å²) in [6.07, 6.45) is 2.35. The second kappa shape index (κ2) is 4.58. The second-order valence-corrected chi connectivity index (χ2v) is 5.70. The van der Waals surface area contributed by atoms with E-state index in [0.717, 1.165) is 12.2 Å². The molecule has 2 atom stereocenters. The van der Waals surface area contributed by atoms with Crippen LogP contribution in [0, 0.1) is 5.92 Å². The number of hydrogen-bond acceptors (Lipinski definition) is 2. The standard InChI is InChI=1S/C17H16N2O2/c20-15-11-13(17(21)12-5-2-1-3-6-12)16-14-7-4-8-18(14)9-10-19(15)16/h1-8,13,16H,9-11H2/t13-,16-/m1/s1. The van der Waals surface area contributed by atoms with Gasteiger partial charge in [-0.3, -0.25) is 9.59 Å². The minimum atomic E-state index is -0.270. The van der Waals surface area contributed by atoms with Crippen molar-refractivity contribution in [3.63, 3.8) is 0 Å². The Morgan fingerprint density at radius 1 is 1.05 bits per heavy atom. The summed E-state index contributed by atoms with van der Waals surface area (Å²) in [5.41, 5.74) is 1.78. The van der Waals surface area contributed by atoms with E-state index in [1.807, 2.05) is 53.6 Å². The van der Waals surface area contributed by atoms with Gasteiger partial charge in [-0.1, -0.05) is 30.3 Å². The molecule has 1 aromatic heterocycles. The quantitative estimate of drug-likeness (QED) is 0.792. The molecule has 4 nitrogen and oxygen atoms in total. The number of carbonyl (C=O) groups excluding carboxylic acids is 2. The summed E-state index contributed by atoms with van der Waals surface area (Å²) >= 11 is 0. The van der Waals surface area contributed by atoms with Crippen LogP contribution < -0.4 is 0 Å². The highest BCUT2D eigenvalue weighted by Gasteiger charge is 2.46. The van der Waals surface area contributed by atoms with E-state index in [9.17, 15) is 9.59 Å². The molecule has 1 amide bonds. The van der Waals surface area contributed by atoms with Crippen LogP contribution in [0.4, 0.5) is 0 Å². The van der Waals surface area contributed by atoms with Gasteiger partial charge in [0.05, 0.1) is 12.0 Å². The Morgan fingerprint density at radius 3 is 2.67 bits per heavy atom. The van der Waals surface area contributed by atoms with E-state index in [1.165, 1.54) is 0 Å². The molecule has 2 aliphatic heterocycles. The first-order valence-corrected chi connectivity index (χ1v) is 7.29. The van der Waals surface area contributed by atoms with Gasteiger partial charge in [0.25, 0.3) is 0 Å². The number of amides is 1. The fourth-order valence-corrected chi connectivity index (χ4v) is 3.59. The summed E-state index contributed by atoms with van der Waals surface area (Å²) in [7, 11) is 0. The van der Waals surface area contributed by atoms with Gasteiger partial charge in [-0.15, -0.1) is 0 Å². The molecule has 0 spiro atoms. The number of carbonyl (C=O) groups is 2. The molecule has 4 rings (SSSR count). The average molecular weight is 280 g/mol. The molecule has 1 fully saturated rings. The first-order valence-electron chi connectivity index (χ1n) is 7.29. The number of nitrogens with zero attached hydrogens (tertiary/aromatic N) is 2. The molecule has 2 aromatic rings. The monoisotopic (exact) mass is 280 g/mol. The van der Waals surface area contributed by atoms with E-state index in [4.69, 9.17) is 0 Å². The van der Waals surface area contributed by atoms with Gasteiger partial charge in [-0.25, -0.2) is 0 Å². The second-order valence-electron chi connectivity index (χ2n) is 5.70. The summed E-state index contributed by atoms with van der Waals surface area (Å²) in [6.45, 7) is 1.51. The zero-order valence-corrected chi connectivity index (χ0v) is 11.6. The van der Waals surface area contributed by atoms with Crippen LogP contribution in [0.2, 0.25) is 0 Å². The number of aromatic nitrogens is 1. The van der Waals surface area contributed by atoms with E-state index in [2.05, 4.69) is 4.57 Å². The normalized spacial score (nSPS) is 23.8. The number of ketones is 1. The van der Waals surface area contributed by atoms with Gasteiger partial charge in [-0.2, -0.15) is 0 Å². The van der Waals surface area contributed by atoms with Crippen molar-refractivity contribution in [2.75, 3.05) is 6.54 Å². The minimum absolute atomic E-state index is 0.0751.